The number of anilines is 1. The third-order valence-corrected chi connectivity index (χ3v) is 4.57. The van der Waals surface area contributed by atoms with Gasteiger partial charge in [-0.1, -0.05) is 30.3 Å². The van der Waals surface area contributed by atoms with Crippen LogP contribution in [-0.2, 0) is 11.2 Å². The van der Waals surface area contributed by atoms with Gasteiger partial charge in [-0.2, -0.15) is 0 Å². The molecule has 23 heavy (non-hydrogen) atoms. The lowest BCUT2D eigenvalue weighted by atomic mass is 10.1. The number of ether oxygens (including phenoxy) is 1. The number of thiazole rings is 1. The summed E-state index contributed by atoms with van der Waals surface area (Å²) in [5.74, 6) is 0.668. The number of fused-ring (bicyclic) bond motifs is 1. The van der Waals surface area contributed by atoms with Crippen LogP contribution in [0.15, 0.2) is 60.1 Å². The molecule has 1 aliphatic heterocycles. The molecule has 0 saturated carbocycles. The van der Waals surface area contributed by atoms with Gasteiger partial charge in [-0.25, -0.2) is 4.98 Å². The van der Waals surface area contributed by atoms with Crippen LogP contribution in [0.1, 0.15) is 5.56 Å². The van der Waals surface area contributed by atoms with Crippen molar-refractivity contribution in [2.45, 2.75) is 12.5 Å². The number of aromatic nitrogens is 1. The van der Waals surface area contributed by atoms with Crippen LogP contribution in [0.5, 0.6) is 5.75 Å². The van der Waals surface area contributed by atoms with E-state index in [1.165, 1.54) is 0 Å². The van der Waals surface area contributed by atoms with Crippen molar-refractivity contribution < 1.29 is 9.53 Å². The van der Waals surface area contributed by atoms with Gasteiger partial charge in [0.15, 0.2) is 6.10 Å². The van der Waals surface area contributed by atoms with E-state index in [-0.39, 0.29) is 5.91 Å². The lowest BCUT2D eigenvalue weighted by Gasteiger charge is -2.12. The SMILES string of the molecule is O=C(Nc1cccc(-c2nccs2)c1)[C@@H]1Cc2ccccc2O1. The molecule has 0 spiro atoms. The fourth-order valence-corrected chi connectivity index (χ4v) is 3.28. The Morgan fingerprint density at radius 1 is 1.22 bits per heavy atom. The molecule has 4 rings (SSSR count). The van der Waals surface area contributed by atoms with Crippen molar-refractivity contribution in [2.24, 2.45) is 0 Å². The zero-order valence-corrected chi connectivity index (χ0v) is 13.0. The molecule has 1 N–H and O–H groups in total. The maximum atomic E-state index is 12.4. The summed E-state index contributed by atoms with van der Waals surface area (Å²) in [7, 11) is 0. The Morgan fingerprint density at radius 2 is 2.13 bits per heavy atom. The number of benzene rings is 2. The number of carbonyl (C=O) groups excluding carboxylic acids is 1. The summed E-state index contributed by atoms with van der Waals surface area (Å²) in [6.45, 7) is 0. The van der Waals surface area contributed by atoms with Crippen LogP contribution < -0.4 is 10.1 Å². The van der Waals surface area contributed by atoms with Crippen LogP contribution in [-0.4, -0.2) is 17.0 Å². The summed E-state index contributed by atoms with van der Waals surface area (Å²) in [5.41, 5.74) is 2.82. The van der Waals surface area contributed by atoms with Crippen molar-refractivity contribution >= 4 is 22.9 Å². The Hall–Kier alpha value is -2.66. The van der Waals surface area contributed by atoms with Crippen molar-refractivity contribution in [1.82, 2.24) is 4.98 Å². The first-order valence-electron chi connectivity index (χ1n) is 7.35. The predicted octanol–water partition coefficient (Wildman–Crippen LogP) is 3.75. The van der Waals surface area contributed by atoms with Crippen molar-refractivity contribution in [1.29, 1.82) is 0 Å². The van der Waals surface area contributed by atoms with Crippen LogP contribution in [0.3, 0.4) is 0 Å². The van der Waals surface area contributed by atoms with E-state index in [0.29, 0.717) is 6.42 Å². The third kappa shape index (κ3) is 2.83. The molecule has 5 heteroatoms. The molecular weight excluding hydrogens is 308 g/mol. The summed E-state index contributed by atoms with van der Waals surface area (Å²) >= 11 is 1.57. The van der Waals surface area contributed by atoms with E-state index in [4.69, 9.17) is 4.74 Å². The molecule has 0 radical (unpaired) electrons. The minimum Gasteiger partial charge on any atom is -0.480 e. The monoisotopic (exact) mass is 322 g/mol. The van der Waals surface area contributed by atoms with E-state index in [2.05, 4.69) is 10.3 Å². The number of para-hydroxylation sites is 1. The molecule has 0 fully saturated rings. The predicted molar refractivity (Wildman–Crippen MR) is 90.7 cm³/mol. The summed E-state index contributed by atoms with van der Waals surface area (Å²) in [6, 6.07) is 15.5. The lowest BCUT2D eigenvalue weighted by Crippen LogP contribution is -2.31. The van der Waals surface area contributed by atoms with Gasteiger partial charge in [-0.3, -0.25) is 4.79 Å². The minimum absolute atomic E-state index is 0.127. The van der Waals surface area contributed by atoms with E-state index in [0.717, 1.165) is 27.6 Å². The fourth-order valence-electron chi connectivity index (χ4n) is 2.65. The lowest BCUT2D eigenvalue weighted by molar-refractivity contribution is -0.122. The molecule has 0 saturated heterocycles. The molecule has 114 valence electrons. The molecule has 0 bridgehead atoms. The van der Waals surface area contributed by atoms with Crippen molar-refractivity contribution in [2.75, 3.05) is 5.32 Å². The van der Waals surface area contributed by atoms with Gasteiger partial charge in [0.05, 0.1) is 0 Å². The second-order valence-corrected chi connectivity index (χ2v) is 6.22. The summed E-state index contributed by atoms with van der Waals surface area (Å²) in [6.07, 6.45) is 1.90. The number of carbonyl (C=O) groups is 1. The Kier molecular flexibility index (Phi) is 3.55. The summed E-state index contributed by atoms with van der Waals surface area (Å²) < 4.78 is 5.72. The first-order chi connectivity index (χ1) is 11.3. The number of nitrogens with zero attached hydrogens (tertiary/aromatic N) is 1. The maximum absolute atomic E-state index is 12.4. The van der Waals surface area contributed by atoms with Gasteiger partial charge >= 0.3 is 0 Å². The fraction of sp³-hybridized carbons (Fsp3) is 0.111. The van der Waals surface area contributed by atoms with Crippen molar-refractivity contribution in [3.05, 3.63) is 65.7 Å². The second-order valence-electron chi connectivity index (χ2n) is 5.33. The first-order valence-corrected chi connectivity index (χ1v) is 8.23. The van der Waals surface area contributed by atoms with Gasteiger partial charge in [0.2, 0.25) is 0 Å². The van der Waals surface area contributed by atoms with Crippen LogP contribution in [0.2, 0.25) is 0 Å². The highest BCUT2D eigenvalue weighted by atomic mass is 32.1. The average molecular weight is 322 g/mol. The topological polar surface area (TPSA) is 51.2 Å². The second kappa shape index (κ2) is 5.85. The largest absolute Gasteiger partial charge is 0.480 e. The summed E-state index contributed by atoms with van der Waals surface area (Å²) in [4.78, 5) is 16.7. The maximum Gasteiger partial charge on any atom is 0.265 e. The molecule has 2 heterocycles. The zero-order chi connectivity index (χ0) is 15.6. The van der Waals surface area contributed by atoms with Gasteiger partial charge in [0.25, 0.3) is 5.91 Å². The van der Waals surface area contributed by atoms with E-state index in [1.807, 2.05) is 53.9 Å². The molecule has 2 aromatic carbocycles. The highest BCUT2D eigenvalue weighted by Crippen LogP contribution is 2.29. The number of hydrogen-bond donors (Lipinski definition) is 1. The van der Waals surface area contributed by atoms with Crippen LogP contribution in [0.4, 0.5) is 5.69 Å². The van der Waals surface area contributed by atoms with Gasteiger partial charge in [0, 0.05) is 29.2 Å². The molecular formula is C18H14N2O2S. The van der Waals surface area contributed by atoms with Gasteiger partial charge in [-0.05, 0) is 23.8 Å². The van der Waals surface area contributed by atoms with Crippen molar-refractivity contribution in [3.8, 4) is 16.3 Å². The average Bonchev–Trinajstić information content (AvgIpc) is 3.24. The van der Waals surface area contributed by atoms with Gasteiger partial charge < -0.3 is 10.1 Å². The Bertz CT molecular complexity index is 821. The minimum atomic E-state index is -0.476. The molecule has 1 amide bonds. The molecule has 1 aliphatic rings. The third-order valence-electron chi connectivity index (χ3n) is 3.75. The van der Waals surface area contributed by atoms with Crippen molar-refractivity contribution in [3.63, 3.8) is 0 Å². The quantitative estimate of drug-likeness (QED) is 0.799. The number of nitrogens with one attached hydrogen (secondary N) is 1. The highest BCUT2D eigenvalue weighted by Gasteiger charge is 2.28. The van der Waals surface area contributed by atoms with Crippen LogP contribution in [0, 0.1) is 0 Å². The molecule has 0 unspecified atom stereocenters. The molecule has 3 aromatic rings. The van der Waals surface area contributed by atoms with Crippen LogP contribution >= 0.6 is 11.3 Å². The summed E-state index contributed by atoms with van der Waals surface area (Å²) in [5, 5.41) is 5.80. The Labute approximate surface area is 137 Å². The smallest absolute Gasteiger partial charge is 0.265 e. The van der Waals surface area contributed by atoms with E-state index >= 15 is 0 Å². The Balaban J connectivity index is 1.49. The van der Waals surface area contributed by atoms with E-state index < -0.39 is 6.10 Å². The van der Waals surface area contributed by atoms with Crippen LogP contribution in [0.25, 0.3) is 10.6 Å². The number of rotatable bonds is 3. The molecule has 1 atom stereocenters. The first kappa shape index (κ1) is 14.0. The van der Waals surface area contributed by atoms with E-state index in [9.17, 15) is 4.79 Å². The molecule has 4 nitrogen and oxygen atoms in total. The van der Waals surface area contributed by atoms with E-state index in [1.54, 1.807) is 17.5 Å². The molecule has 0 aliphatic carbocycles. The highest BCUT2D eigenvalue weighted by molar-refractivity contribution is 7.13. The number of hydrogen-bond acceptors (Lipinski definition) is 4. The normalized spacial score (nSPS) is 15.7. The van der Waals surface area contributed by atoms with Gasteiger partial charge in [0.1, 0.15) is 10.8 Å². The standard InChI is InChI=1S/C18H14N2O2S/c21-17(16-11-12-4-1-2-7-15(12)22-16)20-14-6-3-5-13(10-14)18-19-8-9-23-18/h1-10,16H,11H2,(H,20,21)/t16-/m0/s1. The number of amides is 1. The zero-order valence-electron chi connectivity index (χ0n) is 12.2. The van der Waals surface area contributed by atoms with Gasteiger partial charge in [-0.15, -0.1) is 11.3 Å². The Morgan fingerprint density at radius 3 is 2.96 bits per heavy atom. The molecule has 1 aromatic heterocycles.